The number of nitrogens with two attached hydrogens (primary N) is 1. The van der Waals surface area contributed by atoms with Crippen LogP contribution >= 0.6 is 0 Å². The highest BCUT2D eigenvalue weighted by molar-refractivity contribution is 6.39. The Labute approximate surface area is 664 Å². The number of ether oxygens (including phenoxy) is 10. The number of rotatable bonds is 14. The van der Waals surface area contributed by atoms with Crippen LogP contribution in [0.5, 0.6) is 0 Å². The Kier molecular flexibility index (Phi) is 34.3. The van der Waals surface area contributed by atoms with E-state index in [2.05, 4.69) is 0 Å². The average molecular weight is 1580 g/mol. The molecule has 26 nitrogen and oxygen atoms in total. The number of nitrogens with zero attached hydrogens (tertiary/aromatic N) is 2. The molecule has 1 unspecified atom stereocenters. The van der Waals surface area contributed by atoms with Gasteiger partial charge < -0.3 is 88.4 Å². The number of methoxy groups -OCH3 is 6. The van der Waals surface area contributed by atoms with E-state index in [1.165, 1.54) is 35.5 Å². The van der Waals surface area contributed by atoms with Crippen LogP contribution in [0.3, 0.4) is 0 Å². The number of allylic oxidation sites excluding steroid dienone is 8. The predicted molar refractivity (Wildman–Crippen MR) is 416 cm³/mol. The number of piperidine rings is 2. The highest BCUT2D eigenvalue weighted by Gasteiger charge is 2.59. The largest absolute Gasteiger partial charge is 0.456 e. The number of esters is 2. The molecule has 26 heteroatoms. The van der Waals surface area contributed by atoms with Crippen molar-refractivity contribution in [2.24, 2.45) is 64.9 Å². The third-order valence-electron chi connectivity index (χ3n) is 25.9. The number of hydrogen-bond donors (Lipinski definition) is 6. The fourth-order valence-electron chi connectivity index (χ4n) is 19.0. The second kappa shape index (κ2) is 41.7. The zero-order valence-corrected chi connectivity index (χ0v) is 69.5. The normalized spacial score (nSPS) is 41.8. The highest BCUT2D eigenvalue weighted by atomic mass is 16.7. The Balaban J connectivity index is 1.16. The minimum absolute atomic E-state index is 0.00325. The van der Waals surface area contributed by atoms with Gasteiger partial charge in [0.2, 0.25) is 11.6 Å². The number of carbonyl (C=O) groups excluding carboxylic acids is 8. The van der Waals surface area contributed by atoms with Crippen molar-refractivity contribution in [1.82, 2.24) is 9.80 Å². The van der Waals surface area contributed by atoms with Crippen molar-refractivity contribution in [2.45, 2.75) is 320 Å². The molecule has 0 aromatic heterocycles. The summed E-state index contributed by atoms with van der Waals surface area (Å²) in [4.78, 5) is 122. The summed E-state index contributed by atoms with van der Waals surface area (Å²) < 4.78 is 61.4. The summed E-state index contributed by atoms with van der Waals surface area (Å²) in [6.07, 6.45) is 6.86. The van der Waals surface area contributed by atoms with E-state index in [1.54, 1.807) is 48.7 Å². The number of carbonyl (C=O) groups is 8. The Hall–Kier alpha value is -5.30. The minimum Gasteiger partial charge on any atom is -0.456 e. The smallest absolute Gasteiger partial charge is 0.329 e. The molecule has 0 aromatic carbocycles. The minimum atomic E-state index is -2.63. The Morgan fingerprint density at radius 1 is 0.482 bits per heavy atom. The predicted octanol–water partition coefficient (Wildman–Crippen LogP) is 8.44. The standard InChI is InChI=1S/C86H135N3O23/c1-47-33-49(3)37-71(105-13)77-73(107-15)41-53(7)85(101,111-77)79(95)81(97)88-31-21-19-25-62(88)83(99)109-75(51(5)39-57-27-29-61(87)69(43-57)103-11)55(9)65(91)45-67(93)59(35-47)23-17-18-24-60-36-48(2)34-50(4)38-72(106-14)78-74(108-16)42-54(8)86(102,112-78)80(96)82(98)89-32-22-20-26-63(89)84(100)110-76(56(10)66(92)46-68(60)94)52(6)40-58-28-30-64(90)70(44-58)104-12/h17-18,35-36,39-40,49-50,53-66,69-78,90-92,101-102H,19-34,37-38,41-46,87H2,1-16H3/b18-17+,47-35+,48-36+,51-39+,52-40+/t49-,50-,53+,54+,55+,56+,57-,58-,59+,60+,61+,62-,63-,64+,65-,66-,69+,70+,71-,72-,73-,74-,75+,76?,77+,78+,85+,86+/m0/s1. The van der Waals surface area contributed by atoms with Gasteiger partial charge in [-0.25, -0.2) is 9.59 Å². The molecule has 8 rings (SSSR count). The maximum absolute atomic E-state index is 15.3. The van der Waals surface area contributed by atoms with Crippen LogP contribution in [-0.4, -0.2) is 247 Å². The summed E-state index contributed by atoms with van der Waals surface area (Å²) in [5, 5.41) is 60.7. The van der Waals surface area contributed by atoms with Crippen LogP contribution in [-0.2, 0) is 85.7 Å². The monoisotopic (exact) mass is 1580 g/mol. The number of fused-ring (bicyclic) bond motifs is 6. The number of aliphatic hydroxyl groups is 5. The summed E-state index contributed by atoms with van der Waals surface area (Å²) in [5.41, 5.74) is 9.25. The van der Waals surface area contributed by atoms with Crippen molar-refractivity contribution in [3.63, 3.8) is 0 Å². The van der Waals surface area contributed by atoms with E-state index in [1.807, 2.05) is 64.2 Å². The van der Waals surface area contributed by atoms with Gasteiger partial charge in [-0.2, -0.15) is 0 Å². The lowest BCUT2D eigenvalue weighted by atomic mass is 9.81. The third-order valence-corrected chi connectivity index (χ3v) is 25.9. The number of ketones is 4. The van der Waals surface area contributed by atoms with E-state index >= 15 is 9.59 Å². The molecule has 7 N–H and O–H groups in total. The van der Waals surface area contributed by atoms with Crippen LogP contribution in [0.15, 0.2) is 58.7 Å². The fraction of sp³-hybridized carbons (Fsp3) is 0.791. The summed E-state index contributed by atoms with van der Waals surface area (Å²) in [5.74, 6) is -18.2. The van der Waals surface area contributed by atoms with E-state index in [4.69, 9.17) is 53.1 Å². The van der Waals surface area contributed by atoms with Gasteiger partial charge in [-0.15, -0.1) is 0 Å². The van der Waals surface area contributed by atoms with E-state index in [0.717, 1.165) is 20.9 Å². The van der Waals surface area contributed by atoms with Crippen LogP contribution in [0.2, 0.25) is 0 Å². The first-order valence-corrected chi connectivity index (χ1v) is 41.4. The van der Waals surface area contributed by atoms with Crippen molar-refractivity contribution in [3.8, 4) is 0 Å². The fourth-order valence-corrected chi connectivity index (χ4v) is 19.0. The average Bonchev–Trinajstić information content (AvgIpc) is 0.788. The van der Waals surface area contributed by atoms with Crippen LogP contribution in [0.1, 0.15) is 210 Å². The van der Waals surface area contributed by atoms with Crippen molar-refractivity contribution in [2.75, 3.05) is 55.7 Å². The lowest BCUT2D eigenvalue weighted by molar-refractivity contribution is -0.302. The van der Waals surface area contributed by atoms with Crippen molar-refractivity contribution < 1.29 is 111 Å². The van der Waals surface area contributed by atoms with Crippen LogP contribution < -0.4 is 5.73 Å². The SMILES string of the molecule is CO[C@H]1C[C@@H](C)C/C(C)=C/[C@@H](C/C=C/C[C@@H]2/C=C(\C)C[C@H](C)C[C@H](OC)[C@H]3O[C@@](O)(C(=O)C(=O)N4CCCC[C@H]4C(=O)O[C@H](/C(C)=C/[C@@H]4CC[C@@H](N)[C@H](OC)C4)[C@H](C)[C@@H](O)CC2=O)[C@H](C)C[C@@H]3OC)C(=O)C[C@H](O)[C@@H](C)C(/C(C)=C/[C@@H]2CC[C@@H](O)[C@H](OC)C2)OC(=O)[C@@H]2CCCCN2C(=O)C(=O)[C@]2(O)O[C@H]1[C@@H](OC)C[C@H]2C. The van der Waals surface area contributed by atoms with Gasteiger partial charge >= 0.3 is 11.9 Å². The lowest BCUT2D eigenvalue weighted by Crippen LogP contribution is -2.64. The summed E-state index contributed by atoms with van der Waals surface area (Å²) in [7, 11) is 9.14. The summed E-state index contributed by atoms with van der Waals surface area (Å²) in [6, 6.07) is -2.70. The quantitative estimate of drug-likeness (QED) is 0.0539. The van der Waals surface area contributed by atoms with Gasteiger partial charge in [-0.3, -0.25) is 28.8 Å². The van der Waals surface area contributed by atoms with E-state index in [9.17, 15) is 54.3 Å². The topological polar surface area (TPSA) is 363 Å². The molecule has 112 heavy (non-hydrogen) atoms. The molecule has 28 atom stereocenters. The van der Waals surface area contributed by atoms with Gasteiger partial charge in [0.1, 0.15) is 48.1 Å². The van der Waals surface area contributed by atoms with E-state index < -0.39 is 168 Å². The molecule has 2 amide bonds. The molecule has 0 aromatic rings. The highest BCUT2D eigenvalue weighted by Crippen LogP contribution is 2.43. The molecular formula is C86H135N3O23. The molecule has 8 aliphatic rings. The van der Waals surface area contributed by atoms with Gasteiger partial charge in [0.15, 0.2) is 0 Å². The molecule has 632 valence electrons. The first-order chi connectivity index (χ1) is 53.1. The maximum atomic E-state index is 15.3. The van der Waals surface area contributed by atoms with Gasteiger partial charge in [0.25, 0.3) is 23.4 Å². The second-order valence-electron chi connectivity index (χ2n) is 34.5. The van der Waals surface area contributed by atoms with Gasteiger partial charge in [-0.1, -0.05) is 89.1 Å². The molecule has 2 saturated carbocycles. The summed E-state index contributed by atoms with van der Waals surface area (Å²) in [6.45, 7) is 18.0. The molecule has 6 fully saturated rings. The molecule has 2 aliphatic carbocycles. The molecular weight excluding hydrogens is 1440 g/mol. The van der Waals surface area contributed by atoms with E-state index in [0.29, 0.717) is 101 Å². The Bertz CT molecular complexity index is 3160. The number of aliphatic hydroxyl groups excluding tert-OH is 3. The zero-order valence-electron chi connectivity index (χ0n) is 69.5. The van der Waals surface area contributed by atoms with Crippen molar-refractivity contribution >= 4 is 46.9 Å². The Morgan fingerprint density at radius 3 is 1.23 bits per heavy atom. The first-order valence-electron chi connectivity index (χ1n) is 41.4. The molecule has 4 bridgehead atoms. The zero-order chi connectivity index (χ0) is 82.4. The lowest BCUT2D eigenvalue weighted by Gasteiger charge is -2.47. The van der Waals surface area contributed by atoms with Crippen molar-refractivity contribution in [1.29, 1.82) is 0 Å². The van der Waals surface area contributed by atoms with Gasteiger partial charge in [0.05, 0.1) is 54.9 Å². The second-order valence-corrected chi connectivity index (χ2v) is 34.5. The molecule has 6 aliphatic heterocycles. The van der Waals surface area contributed by atoms with Crippen molar-refractivity contribution in [3.05, 3.63) is 58.7 Å². The number of Topliss-reactive ketones (excluding diaryl/α,β-unsaturated/α-hetero) is 4. The van der Waals surface area contributed by atoms with E-state index in [-0.39, 0.29) is 112 Å². The number of cyclic esters (lactones) is 2. The van der Waals surface area contributed by atoms with Crippen LogP contribution in [0.4, 0.5) is 0 Å². The molecule has 4 saturated heterocycles. The summed E-state index contributed by atoms with van der Waals surface area (Å²) >= 11 is 0. The van der Waals surface area contributed by atoms with Crippen LogP contribution in [0, 0.1) is 59.2 Å². The molecule has 6 heterocycles. The number of amides is 2. The first kappa shape index (κ1) is 92.2. The Morgan fingerprint density at radius 2 is 0.848 bits per heavy atom. The third kappa shape index (κ3) is 22.5. The molecule has 0 spiro atoms. The van der Waals surface area contributed by atoms with Gasteiger partial charge in [-0.05, 0) is 191 Å². The maximum Gasteiger partial charge on any atom is 0.329 e. The van der Waals surface area contributed by atoms with Gasteiger partial charge in [0, 0.05) is 110 Å². The number of hydrogen-bond acceptors (Lipinski definition) is 24. The van der Waals surface area contributed by atoms with Crippen LogP contribution in [0.25, 0.3) is 0 Å². The molecule has 0 radical (unpaired) electrons.